The summed E-state index contributed by atoms with van der Waals surface area (Å²) >= 11 is 0. The van der Waals surface area contributed by atoms with Crippen molar-refractivity contribution in [1.29, 1.82) is 0 Å². The predicted molar refractivity (Wildman–Crippen MR) is 75.8 cm³/mol. The molecular formula is C15H30N2O. The highest BCUT2D eigenvalue weighted by atomic mass is 16.5. The minimum Gasteiger partial charge on any atom is -0.378 e. The molecule has 0 bridgehead atoms. The van der Waals surface area contributed by atoms with Crippen LogP contribution in [0.25, 0.3) is 0 Å². The summed E-state index contributed by atoms with van der Waals surface area (Å²) in [6.45, 7) is 12.2. The standard InChI is InChI=1S/C15H30N2O/c1-5-18-14-9-13(15(14,3)4)17-10-12-11(2)7-6-8-16-12/h11-14,16-17H,5-10H2,1-4H3. The normalized spacial score (nSPS) is 39.3. The van der Waals surface area contributed by atoms with E-state index < -0.39 is 0 Å². The van der Waals surface area contributed by atoms with Crippen LogP contribution in [0.3, 0.4) is 0 Å². The zero-order valence-electron chi connectivity index (χ0n) is 12.5. The molecule has 0 spiro atoms. The van der Waals surface area contributed by atoms with Crippen LogP contribution in [0.4, 0.5) is 0 Å². The first-order valence-corrected chi connectivity index (χ1v) is 7.64. The van der Waals surface area contributed by atoms with Crippen molar-refractivity contribution in [2.75, 3.05) is 19.7 Å². The summed E-state index contributed by atoms with van der Waals surface area (Å²) in [5, 5.41) is 7.40. The molecule has 4 unspecified atom stereocenters. The Morgan fingerprint density at radius 3 is 2.78 bits per heavy atom. The maximum Gasteiger partial charge on any atom is 0.0655 e. The summed E-state index contributed by atoms with van der Waals surface area (Å²) in [4.78, 5) is 0. The second-order valence-electron chi connectivity index (χ2n) is 6.64. The second kappa shape index (κ2) is 5.89. The average Bonchev–Trinajstić information content (AvgIpc) is 2.35. The maximum absolute atomic E-state index is 5.78. The molecule has 2 rings (SSSR count). The molecule has 1 heterocycles. The molecule has 3 heteroatoms. The molecule has 2 N–H and O–H groups in total. The molecule has 0 aromatic rings. The highest BCUT2D eigenvalue weighted by Gasteiger charge is 2.48. The number of hydrogen-bond acceptors (Lipinski definition) is 3. The molecule has 1 aliphatic heterocycles. The fourth-order valence-electron chi connectivity index (χ4n) is 3.37. The van der Waals surface area contributed by atoms with Gasteiger partial charge in [0.25, 0.3) is 0 Å². The lowest BCUT2D eigenvalue weighted by molar-refractivity contribution is -0.114. The molecule has 3 nitrogen and oxygen atoms in total. The minimum atomic E-state index is 0.286. The first-order chi connectivity index (χ1) is 8.55. The van der Waals surface area contributed by atoms with Gasteiger partial charge in [0.15, 0.2) is 0 Å². The van der Waals surface area contributed by atoms with Gasteiger partial charge in [-0.1, -0.05) is 20.8 Å². The zero-order chi connectivity index (χ0) is 13.2. The van der Waals surface area contributed by atoms with Crippen molar-refractivity contribution in [3.8, 4) is 0 Å². The van der Waals surface area contributed by atoms with Gasteiger partial charge >= 0.3 is 0 Å². The number of rotatable bonds is 5. The topological polar surface area (TPSA) is 33.3 Å². The van der Waals surface area contributed by atoms with E-state index in [1.165, 1.54) is 25.8 Å². The van der Waals surface area contributed by atoms with Gasteiger partial charge in [-0.25, -0.2) is 0 Å². The molecule has 18 heavy (non-hydrogen) atoms. The first kappa shape index (κ1) is 14.3. The monoisotopic (exact) mass is 254 g/mol. The number of ether oxygens (including phenoxy) is 1. The third kappa shape index (κ3) is 2.89. The van der Waals surface area contributed by atoms with Gasteiger partial charge in [0.2, 0.25) is 0 Å². The van der Waals surface area contributed by atoms with E-state index in [0.29, 0.717) is 18.2 Å². The molecule has 106 valence electrons. The van der Waals surface area contributed by atoms with Crippen molar-refractivity contribution >= 4 is 0 Å². The third-order valence-electron chi connectivity index (χ3n) is 5.06. The van der Waals surface area contributed by atoms with E-state index in [2.05, 4.69) is 38.3 Å². The van der Waals surface area contributed by atoms with Crippen LogP contribution in [0.2, 0.25) is 0 Å². The van der Waals surface area contributed by atoms with E-state index in [1.807, 2.05) is 0 Å². The second-order valence-corrected chi connectivity index (χ2v) is 6.64. The summed E-state index contributed by atoms with van der Waals surface area (Å²) in [6, 6.07) is 1.27. The molecule has 0 aromatic heterocycles. The van der Waals surface area contributed by atoms with Crippen molar-refractivity contribution in [2.45, 2.75) is 65.1 Å². The Kier molecular flexibility index (Phi) is 4.68. The van der Waals surface area contributed by atoms with Crippen molar-refractivity contribution in [1.82, 2.24) is 10.6 Å². The molecule has 0 amide bonds. The molecule has 4 atom stereocenters. The van der Waals surface area contributed by atoms with Crippen LogP contribution < -0.4 is 10.6 Å². The van der Waals surface area contributed by atoms with Gasteiger partial charge in [-0.15, -0.1) is 0 Å². The summed E-state index contributed by atoms with van der Waals surface area (Å²) < 4.78 is 5.78. The lowest BCUT2D eigenvalue weighted by atomic mass is 9.64. The average molecular weight is 254 g/mol. The largest absolute Gasteiger partial charge is 0.378 e. The van der Waals surface area contributed by atoms with Crippen molar-refractivity contribution in [3.05, 3.63) is 0 Å². The van der Waals surface area contributed by atoms with E-state index in [0.717, 1.165) is 19.1 Å². The van der Waals surface area contributed by atoms with E-state index in [1.54, 1.807) is 0 Å². The van der Waals surface area contributed by atoms with Crippen LogP contribution in [-0.4, -0.2) is 37.9 Å². The van der Waals surface area contributed by atoms with E-state index >= 15 is 0 Å². The van der Waals surface area contributed by atoms with Gasteiger partial charge in [0.05, 0.1) is 6.10 Å². The fraction of sp³-hybridized carbons (Fsp3) is 1.00. The fourth-order valence-corrected chi connectivity index (χ4v) is 3.37. The van der Waals surface area contributed by atoms with E-state index in [9.17, 15) is 0 Å². The summed E-state index contributed by atoms with van der Waals surface area (Å²) in [5.41, 5.74) is 0.286. The van der Waals surface area contributed by atoms with Crippen LogP contribution in [-0.2, 0) is 4.74 Å². The summed E-state index contributed by atoms with van der Waals surface area (Å²) in [6.07, 6.45) is 4.31. The van der Waals surface area contributed by atoms with Crippen LogP contribution in [0.1, 0.15) is 47.0 Å². The zero-order valence-corrected chi connectivity index (χ0v) is 12.5. The molecule has 0 aromatic carbocycles. The van der Waals surface area contributed by atoms with Crippen molar-refractivity contribution in [3.63, 3.8) is 0 Å². The lowest BCUT2D eigenvalue weighted by Crippen LogP contribution is -2.63. The molecular weight excluding hydrogens is 224 g/mol. The number of piperidine rings is 1. The summed E-state index contributed by atoms with van der Waals surface area (Å²) in [5.74, 6) is 0.803. The Bertz CT molecular complexity index is 267. The molecule has 2 fully saturated rings. The van der Waals surface area contributed by atoms with Gasteiger partial charge in [0.1, 0.15) is 0 Å². The van der Waals surface area contributed by atoms with Crippen molar-refractivity contribution < 1.29 is 4.74 Å². The van der Waals surface area contributed by atoms with Gasteiger partial charge in [0, 0.05) is 30.7 Å². The molecule has 1 aliphatic carbocycles. The molecule has 2 aliphatic rings. The molecule has 0 radical (unpaired) electrons. The molecule has 1 saturated carbocycles. The minimum absolute atomic E-state index is 0.286. The first-order valence-electron chi connectivity index (χ1n) is 7.64. The number of hydrogen-bond donors (Lipinski definition) is 2. The number of nitrogens with one attached hydrogen (secondary N) is 2. The van der Waals surface area contributed by atoms with Crippen LogP contribution in [0.15, 0.2) is 0 Å². The van der Waals surface area contributed by atoms with Crippen LogP contribution >= 0.6 is 0 Å². The van der Waals surface area contributed by atoms with E-state index in [-0.39, 0.29) is 5.41 Å². The highest BCUT2D eigenvalue weighted by Crippen LogP contribution is 2.42. The van der Waals surface area contributed by atoms with Gasteiger partial charge in [-0.2, -0.15) is 0 Å². The smallest absolute Gasteiger partial charge is 0.0655 e. The Balaban J connectivity index is 1.74. The lowest BCUT2D eigenvalue weighted by Gasteiger charge is -2.52. The Hall–Kier alpha value is -0.120. The van der Waals surface area contributed by atoms with E-state index in [4.69, 9.17) is 4.74 Å². The Morgan fingerprint density at radius 2 is 2.17 bits per heavy atom. The van der Waals surface area contributed by atoms with Gasteiger partial charge < -0.3 is 15.4 Å². The quantitative estimate of drug-likeness (QED) is 0.789. The van der Waals surface area contributed by atoms with Crippen LogP contribution in [0, 0.1) is 11.3 Å². The van der Waals surface area contributed by atoms with Crippen molar-refractivity contribution in [2.24, 2.45) is 11.3 Å². The Morgan fingerprint density at radius 1 is 1.39 bits per heavy atom. The highest BCUT2D eigenvalue weighted by molar-refractivity contribution is 5.03. The predicted octanol–water partition coefficient (Wildman–Crippen LogP) is 2.17. The van der Waals surface area contributed by atoms with Gasteiger partial charge in [-0.3, -0.25) is 0 Å². The van der Waals surface area contributed by atoms with Crippen LogP contribution in [0.5, 0.6) is 0 Å². The Labute approximate surface area is 112 Å². The van der Waals surface area contributed by atoms with Gasteiger partial charge in [-0.05, 0) is 38.6 Å². The maximum atomic E-state index is 5.78. The summed E-state index contributed by atoms with van der Waals surface area (Å²) in [7, 11) is 0. The molecule has 1 saturated heterocycles. The SMILES string of the molecule is CCOC1CC(NCC2NCCCC2C)C1(C)C. The third-order valence-corrected chi connectivity index (χ3v) is 5.06.